The molecule has 0 aliphatic heterocycles. The summed E-state index contributed by atoms with van der Waals surface area (Å²) in [6.07, 6.45) is 0.891. The smallest absolute Gasteiger partial charge is 0.337 e. The lowest BCUT2D eigenvalue weighted by Crippen LogP contribution is -2.38. The van der Waals surface area contributed by atoms with Gasteiger partial charge in [-0.3, -0.25) is 0 Å². The highest BCUT2D eigenvalue weighted by Gasteiger charge is 2.04. The predicted molar refractivity (Wildman–Crippen MR) is 107 cm³/mol. The van der Waals surface area contributed by atoms with E-state index in [1.807, 2.05) is 31.2 Å². The molecule has 27 heavy (non-hydrogen) atoms. The first-order valence-electron chi connectivity index (χ1n) is 8.98. The number of rotatable bonds is 8. The first-order valence-corrected chi connectivity index (χ1v) is 8.98. The Morgan fingerprint density at radius 1 is 0.963 bits per heavy atom. The number of guanidine groups is 1. The molecule has 2 rings (SSSR count). The lowest BCUT2D eigenvalue weighted by atomic mass is 10.1. The number of methoxy groups -OCH3 is 2. The fourth-order valence-corrected chi connectivity index (χ4v) is 2.49. The Bertz CT molecular complexity index is 740. The van der Waals surface area contributed by atoms with E-state index in [-0.39, 0.29) is 5.97 Å². The number of carbonyl (C=O) groups is 1. The molecule has 0 saturated heterocycles. The number of nitrogens with zero attached hydrogens (tertiary/aromatic N) is 1. The fraction of sp³-hybridized carbons (Fsp3) is 0.333. The van der Waals surface area contributed by atoms with E-state index in [0.29, 0.717) is 12.1 Å². The van der Waals surface area contributed by atoms with Crippen LogP contribution in [-0.4, -0.2) is 39.2 Å². The van der Waals surface area contributed by atoms with Gasteiger partial charge in [0, 0.05) is 13.1 Å². The Hall–Kier alpha value is -3.02. The number of ether oxygens (including phenoxy) is 2. The van der Waals surface area contributed by atoms with Gasteiger partial charge in [-0.05, 0) is 48.7 Å². The molecule has 0 aliphatic rings. The molecule has 0 unspecified atom stereocenters. The van der Waals surface area contributed by atoms with Gasteiger partial charge in [-0.1, -0.05) is 24.3 Å². The van der Waals surface area contributed by atoms with E-state index in [1.54, 1.807) is 19.2 Å². The molecule has 2 aromatic carbocycles. The van der Waals surface area contributed by atoms with Crippen molar-refractivity contribution >= 4 is 11.9 Å². The summed E-state index contributed by atoms with van der Waals surface area (Å²) in [4.78, 5) is 16.1. The third kappa shape index (κ3) is 6.66. The summed E-state index contributed by atoms with van der Waals surface area (Å²) >= 11 is 0. The minimum absolute atomic E-state index is 0.335. The second-order valence-electron chi connectivity index (χ2n) is 5.91. The molecule has 0 bridgehead atoms. The summed E-state index contributed by atoms with van der Waals surface area (Å²) in [6, 6.07) is 15.3. The summed E-state index contributed by atoms with van der Waals surface area (Å²) in [5, 5.41) is 6.58. The van der Waals surface area contributed by atoms with Gasteiger partial charge in [0.1, 0.15) is 5.75 Å². The summed E-state index contributed by atoms with van der Waals surface area (Å²) in [5.74, 6) is 1.29. The Labute approximate surface area is 160 Å². The summed E-state index contributed by atoms with van der Waals surface area (Å²) in [7, 11) is 3.04. The maximum absolute atomic E-state index is 11.5. The highest BCUT2D eigenvalue weighted by Crippen LogP contribution is 2.11. The minimum Gasteiger partial charge on any atom is -0.497 e. The molecule has 0 atom stereocenters. The second-order valence-corrected chi connectivity index (χ2v) is 5.91. The third-order valence-electron chi connectivity index (χ3n) is 4.00. The van der Waals surface area contributed by atoms with Crippen LogP contribution in [-0.2, 0) is 17.7 Å². The first kappa shape index (κ1) is 20.3. The third-order valence-corrected chi connectivity index (χ3v) is 4.00. The molecule has 0 spiro atoms. The number of aliphatic imine (C=N–C) groups is 1. The second kappa shape index (κ2) is 10.9. The van der Waals surface area contributed by atoms with Crippen molar-refractivity contribution in [3.05, 3.63) is 65.2 Å². The predicted octanol–water partition coefficient (Wildman–Crippen LogP) is 2.78. The van der Waals surface area contributed by atoms with Crippen LogP contribution >= 0.6 is 0 Å². The van der Waals surface area contributed by atoms with Crippen LogP contribution in [0, 0.1) is 0 Å². The average Bonchev–Trinajstić information content (AvgIpc) is 2.72. The van der Waals surface area contributed by atoms with E-state index in [2.05, 4.69) is 27.8 Å². The Morgan fingerprint density at radius 3 is 2.22 bits per heavy atom. The van der Waals surface area contributed by atoms with Gasteiger partial charge >= 0.3 is 5.97 Å². The highest BCUT2D eigenvalue weighted by molar-refractivity contribution is 5.89. The zero-order chi connectivity index (χ0) is 19.5. The van der Waals surface area contributed by atoms with Gasteiger partial charge in [-0.25, -0.2) is 9.79 Å². The average molecular weight is 369 g/mol. The zero-order valence-corrected chi connectivity index (χ0v) is 16.1. The molecule has 0 aromatic heterocycles. The molecule has 144 valence electrons. The summed E-state index contributed by atoms with van der Waals surface area (Å²) < 4.78 is 9.88. The van der Waals surface area contributed by atoms with E-state index in [4.69, 9.17) is 9.47 Å². The van der Waals surface area contributed by atoms with Gasteiger partial charge in [-0.15, -0.1) is 0 Å². The maximum Gasteiger partial charge on any atom is 0.337 e. The quantitative estimate of drug-likeness (QED) is 0.425. The van der Waals surface area contributed by atoms with Crippen molar-refractivity contribution in [1.82, 2.24) is 10.6 Å². The SMILES string of the molecule is CCNC(=NCc1ccc(C(=O)OC)cc1)NCCc1ccc(OC)cc1. The lowest BCUT2D eigenvalue weighted by Gasteiger charge is -2.11. The van der Waals surface area contributed by atoms with Gasteiger partial charge in [0.15, 0.2) is 5.96 Å². The van der Waals surface area contributed by atoms with Gasteiger partial charge in [-0.2, -0.15) is 0 Å². The molecule has 0 aliphatic carbocycles. The number of hydrogen-bond acceptors (Lipinski definition) is 4. The molecule has 0 heterocycles. The van der Waals surface area contributed by atoms with Crippen molar-refractivity contribution in [3.8, 4) is 5.75 Å². The molecule has 0 radical (unpaired) electrons. The Balaban J connectivity index is 1.88. The zero-order valence-electron chi connectivity index (χ0n) is 16.1. The Kier molecular flexibility index (Phi) is 8.16. The van der Waals surface area contributed by atoms with Crippen molar-refractivity contribution in [2.75, 3.05) is 27.3 Å². The van der Waals surface area contributed by atoms with E-state index in [1.165, 1.54) is 12.7 Å². The van der Waals surface area contributed by atoms with Gasteiger partial charge < -0.3 is 20.1 Å². The molecular weight excluding hydrogens is 342 g/mol. The van der Waals surface area contributed by atoms with Crippen LogP contribution in [0.15, 0.2) is 53.5 Å². The monoisotopic (exact) mass is 369 g/mol. The van der Waals surface area contributed by atoms with Crippen LogP contribution in [0.3, 0.4) is 0 Å². The van der Waals surface area contributed by atoms with Crippen molar-refractivity contribution in [3.63, 3.8) is 0 Å². The van der Waals surface area contributed by atoms with Crippen molar-refractivity contribution < 1.29 is 14.3 Å². The summed E-state index contributed by atoms with van der Waals surface area (Å²) in [5.41, 5.74) is 2.79. The van der Waals surface area contributed by atoms with E-state index < -0.39 is 0 Å². The molecule has 6 heteroatoms. The van der Waals surface area contributed by atoms with E-state index in [9.17, 15) is 4.79 Å². The lowest BCUT2D eigenvalue weighted by molar-refractivity contribution is 0.0600. The van der Waals surface area contributed by atoms with Crippen LogP contribution in [0.25, 0.3) is 0 Å². The number of carbonyl (C=O) groups excluding carboxylic acids is 1. The van der Waals surface area contributed by atoms with Crippen molar-refractivity contribution in [2.45, 2.75) is 19.9 Å². The topological polar surface area (TPSA) is 72.0 Å². The van der Waals surface area contributed by atoms with Gasteiger partial charge in [0.25, 0.3) is 0 Å². The molecule has 0 fully saturated rings. The number of hydrogen-bond donors (Lipinski definition) is 2. The van der Waals surface area contributed by atoms with Crippen LogP contribution in [0.2, 0.25) is 0 Å². The number of esters is 1. The molecule has 2 aromatic rings. The summed E-state index contributed by atoms with van der Waals surface area (Å²) in [6.45, 7) is 4.13. The highest BCUT2D eigenvalue weighted by atomic mass is 16.5. The minimum atomic E-state index is -0.335. The molecule has 2 N–H and O–H groups in total. The van der Waals surface area contributed by atoms with Crippen LogP contribution in [0.1, 0.15) is 28.4 Å². The molecule has 0 amide bonds. The largest absolute Gasteiger partial charge is 0.497 e. The molecular formula is C21H27N3O3. The normalized spacial score (nSPS) is 11.0. The van der Waals surface area contributed by atoms with Crippen molar-refractivity contribution in [1.29, 1.82) is 0 Å². The van der Waals surface area contributed by atoms with Crippen LogP contribution < -0.4 is 15.4 Å². The maximum atomic E-state index is 11.5. The molecule has 0 saturated carbocycles. The Morgan fingerprint density at radius 2 is 1.63 bits per heavy atom. The standard InChI is InChI=1S/C21H27N3O3/c1-4-22-21(23-14-13-16-7-11-19(26-2)12-8-16)24-15-17-5-9-18(10-6-17)20(25)27-3/h5-12H,4,13-15H2,1-3H3,(H2,22,23,24). The van der Waals surface area contributed by atoms with Gasteiger partial charge in [0.2, 0.25) is 0 Å². The van der Waals surface area contributed by atoms with E-state index in [0.717, 1.165) is 36.8 Å². The van der Waals surface area contributed by atoms with Gasteiger partial charge in [0.05, 0.1) is 26.3 Å². The number of nitrogens with one attached hydrogen (secondary N) is 2. The van der Waals surface area contributed by atoms with Crippen molar-refractivity contribution in [2.24, 2.45) is 4.99 Å². The van der Waals surface area contributed by atoms with Crippen LogP contribution in [0.4, 0.5) is 0 Å². The fourth-order valence-electron chi connectivity index (χ4n) is 2.49. The van der Waals surface area contributed by atoms with Crippen LogP contribution in [0.5, 0.6) is 5.75 Å². The van der Waals surface area contributed by atoms with E-state index >= 15 is 0 Å². The number of benzene rings is 2. The molecule has 6 nitrogen and oxygen atoms in total. The first-order chi connectivity index (χ1) is 13.2.